The van der Waals surface area contributed by atoms with E-state index in [1.54, 1.807) is 19.9 Å². The maximum atomic E-state index is 13.7. The molecule has 0 aliphatic rings. The first-order valence-electron chi connectivity index (χ1n) is 6.51. The van der Waals surface area contributed by atoms with E-state index in [4.69, 9.17) is 4.74 Å². The molecule has 1 N–H and O–H groups in total. The van der Waals surface area contributed by atoms with Gasteiger partial charge in [-0.2, -0.15) is 13.2 Å². The van der Waals surface area contributed by atoms with E-state index in [0.717, 1.165) is 0 Å². The van der Waals surface area contributed by atoms with E-state index in [1.807, 2.05) is 0 Å². The Hall–Kier alpha value is -1.79. The van der Waals surface area contributed by atoms with Gasteiger partial charge in [0.25, 0.3) is 0 Å². The van der Waals surface area contributed by atoms with Crippen LogP contribution in [0.4, 0.5) is 17.6 Å². The third-order valence-corrected chi connectivity index (χ3v) is 2.77. The Morgan fingerprint density at radius 2 is 2.05 bits per heavy atom. The molecule has 0 saturated heterocycles. The second kappa shape index (κ2) is 7.28. The molecule has 0 aliphatic heterocycles. The van der Waals surface area contributed by atoms with Crippen LogP contribution in [0.3, 0.4) is 0 Å². The molecule has 0 spiro atoms. The van der Waals surface area contributed by atoms with Crippen LogP contribution >= 0.6 is 0 Å². The van der Waals surface area contributed by atoms with Crippen molar-refractivity contribution in [1.82, 2.24) is 5.32 Å². The van der Waals surface area contributed by atoms with E-state index in [-0.39, 0.29) is 5.75 Å². The molecule has 1 rings (SSSR count). The highest BCUT2D eigenvalue weighted by atomic mass is 19.4. The highest BCUT2D eigenvalue weighted by Gasteiger charge is 2.28. The Bertz CT molecular complexity index is 488. The fourth-order valence-electron chi connectivity index (χ4n) is 1.71. The maximum Gasteiger partial charge on any atom is 0.389 e. The van der Waals surface area contributed by atoms with E-state index < -0.39 is 36.8 Å². The number of nitrogens with one attached hydrogen (secondary N) is 1. The summed E-state index contributed by atoms with van der Waals surface area (Å²) in [5.41, 5.74) is 0.455. The number of alkyl halides is 3. The average Bonchev–Trinajstić information content (AvgIpc) is 2.38. The molecule has 1 atom stereocenters. The van der Waals surface area contributed by atoms with E-state index >= 15 is 0 Å². The predicted molar refractivity (Wildman–Crippen MR) is 69.4 cm³/mol. The lowest BCUT2D eigenvalue weighted by molar-refractivity contribution is -0.144. The van der Waals surface area contributed by atoms with Crippen LogP contribution in [0.5, 0.6) is 5.75 Å². The minimum absolute atomic E-state index is 0.0943. The molecule has 0 aromatic heterocycles. The first-order valence-corrected chi connectivity index (χ1v) is 6.51. The van der Waals surface area contributed by atoms with Crippen molar-refractivity contribution in [2.45, 2.75) is 38.9 Å². The van der Waals surface area contributed by atoms with E-state index in [0.29, 0.717) is 12.2 Å². The minimum Gasteiger partial charge on any atom is -0.491 e. The molecule has 0 fully saturated rings. The van der Waals surface area contributed by atoms with Gasteiger partial charge in [0.15, 0.2) is 11.6 Å². The van der Waals surface area contributed by atoms with Gasteiger partial charge in [-0.1, -0.05) is 6.07 Å². The molecule has 21 heavy (non-hydrogen) atoms. The van der Waals surface area contributed by atoms with Gasteiger partial charge >= 0.3 is 6.18 Å². The molecule has 0 radical (unpaired) electrons. The molecule has 7 heteroatoms. The second-order valence-corrected chi connectivity index (χ2v) is 4.53. The quantitative estimate of drug-likeness (QED) is 0.813. The van der Waals surface area contributed by atoms with Crippen LogP contribution in [0.1, 0.15) is 38.3 Å². The van der Waals surface area contributed by atoms with Gasteiger partial charge in [-0.3, -0.25) is 4.79 Å². The average molecular weight is 307 g/mol. The molecule has 3 nitrogen and oxygen atoms in total. The van der Waals surface area contributed by atoms with Gasteiger partial charge in [-0.05, 0) is 31.5 Å². The molecule has 118 valence electrons. The highest BCUT2D eigenvalue weighted by molar-refractivity contribution is 5.76. The SMILES string of the molecule is CCOc1ccc([C@H](C)NC(=O)CCC(F)(F)F)cc1F. The van der Waals surface area contributed by atoms with Crippen LogP contribution in [-0.2, 0) is 4.79 Å². The summed E-state index contributed by atoms with van der Waals surface area (Å²) in [6.07, 6.45) is -6.19. The van der Waals surface area contributed by atoms with E-state index in [2.05, 4.69) is 5.32 Å². The Morgan fingerprint density at radius 3 is 2.57 bits per heavy atom. The number of ether oxygens (including phenoxy) is 1. The summed E-state index contributed by atoms with van der Waals surface area (Å²) in [6, 6.07) is 3.59. The summed E-state index contributed by atoms with van der Waals surface area (Å²) in [5.74, 6) is -1.21. The zero-order valence-electron chi connectivity index (χ0n) is 11.8. The number of amides is 1. The minimum atomic E-state index is -4.37. The Kier molecular flexibility index (Phi) is 5.99. The second-order valence-electron chi connectivity index (χ2n) is 4.53. The van der Waals surface area contributed by atoms with Crippen LogP contribution in [0, 0.1) is 5.82 Å². The molecule has 1 aromatic rings. The first-order chi connectivity index (χ1) is 9.73. The van der Waals surface area contributed by atoms with Crippen molar-refractivity contribution >= 4 is 5.91 Å². The van der Waals surface area contributed by atoms with Crippen LogP contribution in [-0.4, -0.2) is 18.7 Å². The molecule has 0 heterocycles. The van der Waals surface area contributed by atoms with Gasteiger partial charge in [0.2, 0.25) is 5.91 Å². The summed E-state index contributed by atoms with van der Waals surface area (Å²) >= 11 is 0. The summed E-state index contributed by atoms with van der Waals surface area (Å²) in [5, 5.41) is 2.40. The van der Waals surface area contributed by atoms with E-state index in [1.165, 1.54) is 12.1 Å². The summed E-state index contributed by atoms with van der Waals surface area (Å²) in [6.45, 7) is 3.61. The first kappa shape index (κ1) is 17.3. The zero-order chi connectivity index (χ0) is 16.0. The van der Waals surface area contributed by atoms with Crippen molar-refractivity contribution < 1.29 is 27.1 Å². The van der Waals surface area contributed by atoms with E-state index in [9.17, 15) is 22.4 Å². The standard InChI is InChI=1S/C14H17F4NO2/c1-3-21-12-5-4-10(8-11(12)15)9(2)19-13(20)6-7-14(16,17)18/h4-5,8-9H,3,6-7H2,1-2H3,(H,19,20)/t9-/m0/s1. The molecular weight excluding hydrogens is 290 g/mol. The summed E-state index contributed by atoms with van der Waals surface area (Å²) in [7, 11) is 0. The normalized spacial score (nSPS) is 12.9. The topological polar surface area (TPSA) is 38.3 Å². The fourth-order valence-corrected chi connectivity index (χ4v) is 1.71. The third kappa shape index (κ3) is 6.01. The number of hydrogen-bond acceptors (Lipinski definition) is 2. The fraction of sp³-hybridized carbons (Fsp3) is 0.500. The van der Waals surface area contributed by atoms with Crippen LogP contribution < -0.4 is 10.1 Å². The lowest BCUT2D eigenvalue weighted by atomic mass is 10.1. The van der Waals surface area contributed by atoms with Crippen molar-refractivity contribution in [2.24, 2.45) is 0 Å². The Morgan fingerprint density at radius 1 is 1.38 bits per heavy atom. The number of carbonyl (C=O) groups is 1. The van der Waals surface area contributed by atoms with Gasteiger partial charge < -0.3 is 10.1 Å². The molecular formula is C14H17F4NO2. The largest absolute Gasteiger partial charge is 0.491 e. The predicted octanol–water partition coefficient (Wildman–Crippen LogP) is 3.74. The lowest BCUT2D eigenvalue weighted by Gasteiger charge is -2.16. The van der Waals surface area contributed by atoms with Crippen molar-refractivity contribution in [3.63, 3.8) is 0 Å². The maximum absolute atomic E-state index is 13.7. The highest BCUT2D eigenvalue weighted by Crippen LogP contribution is 2.23. The summed E-state index contributed by atoms with van der Waals surface area (Å²) in [4.78, 5) is 11.4. The molecule has 0 bridgehead atoms. The van der Waals surface area contributed by atoms with Crippen molar-refractivity contribution in [2.75, 3.05) is 6.61 Å². The van der Waals surface area contributed by atoms with Gasteiger partial charge in [-0.15, -0.1) is 0 Å². The van der Waals surface area contributed by atoms with Gasteiger partial charge in [0, 0.05) is 6.42 Å². The monoisotopic (exact) mass is 307 g/mol. The molecule has 0 unspecified atom stereocenters. The third-order valence-electron chi connectivity index (χ3n) is 2.77. The van der Waals surface area contributed by atoms with Crippen LogP contribution in [0.25, 0.3) is 0 Å². The van der Waals surface area contributed by atoms with Crippen molar-refractivity contribution in [3.05, 3.63) is 29.6 Å². The Balaban J connectivity index is 2.61. The molecule has 0 aliphatic carbocycles. The zero-order valence-corrected chi connectivity index (χ0v) is 11.8. The summed E-state index contributed by atoms with van der Waals surface area (Å²) < 4.78 is 54.7. The lowest BCUT2D eigenvalue weighted by Crippen LogP contribution is -2.27. The number of rotatable bonds is 6. The Labute approximate surface area is 120 Å². The van der Waals surface area contributed by atoms with Gasteiger partial charge in [-0.25, -0.2) is 4.39 Å². The smallest absolute Gasteiger partial charge is 0.389 e. The molecule has 0 saturated carbocycles. The number of hydrogen-bond donors (Lipinski definition) is 1. The number of carbonyl (C=O) groups excluding carboxylic acids is 1. The van der Waals surface area contributed by atoms with Crippen LogP contribution in [0.2, 0.25) is 0 Å². The van der Waals surface area contributed by atoms with Gasteiger partial charge in [0.1, 0.15) is 0 Å². The van der Waals surface area contributed by atoms with Crippen molar-refractivity contribution in [1.29, 1.82) is 0 Å². The number of halogens is 4. The van der Waals surface area contributed by atoms with Gasteiger partial charge in [0.05, 0.1) is 19.1 Å². The van der Waals surface area contributed by atoms with Crippen molar-refractivity contribution in [3.8, 4) is 5.75 Å². The number of benzene rings is 1. The van der Waals surface area contributed by atoms with Crippen LogP contribution in [0.15, 0.2) is 18.2 Å². The molecule has 1 amide bonds. The molecule has 1 aromatic carbocycles.